The van der Waals surface area contributed by atoms with E-state index in [2.05, 4.69) is 17.3 Å². The highest BCUT2D eigenvalue weighted by molar-refractivity contribution is 5.82. The van der Waals surface area contributed by atoms with E-state index in [-0.39, 0.29) is 30.4 Å². The molecule has 33 heavy (non-hydrogen) atoms. The number of alkyl halides is 3. The Hall–Kier alpha value is -1.90. The van der Waals surface area contributed by atoms with Crippen LogP contribution in [0.5, 0.6) is 0 Å². The van der Waals surface area contributed by atoms with E-state index in [4.69, 9.17) is 0 Å². The summed E-state index contributed by atoms with van der Waals surface area (Å²) in [7, 11) is 0. The zero-order valence-corrected chi connectivity index (χ0v) is 19.2. The highest BCUT2D eigenvalue weighted by Gasteiger charge is 2.43. The van der Waals surface area contributed by atoms with Crippen molar-refractivity contribution < 1.29 is 27.9 Å². The molecule has 1 aliphatic heterocycles. The predicted molar refractivity (Wildman–Crippen MR) is 116 cm³/mol. The van der Waals surface area contributed by atoms with Gasteiger partial charge in [0.15, 0.2) is 5.69 Å². The predicted octanol–water partition coefficient (Wildman–Crippen LogP) is 4.91. The van der Waals surface area contributed by atoms with Crippen molar-refractivity contribution in [2.45, 2.75) is 83.9 Å². The molecule has 0 radical (unpaired) electrons. The van der Waals surface area contributed by atoms with E-state index in [0.717, 1.165) is 43.2 Å². The van der Waals surface area contributed by atoms with Crippen molar-refractivity contribution in [2.75, 3.05) is 6.54 Å². The smallest absolute Gasteiger partial charge is 0.435 e. The number of carbonyl (C=O) groups excluding carboxylic acids is 1. The molecule has 0 bridgehead atoms. The van der Waals surface area contributed by atoms with Gasteiger partial charge in [0.2, 0.25) is 0 Å². The average Bonchev–Trinajstić information content (AvgIpc) is 3.19. The van der Waals surface area contributed by atoms with Gasteiger partial charge in [0.1, 0.15) is 0 Å². The SMILES string of the molecule is CC1CCC(CC(C(=O)n2nc(C(F)(F)F)c3c2CNCC3)C2CCCC(C(=O)O)C2)CC1. The van der Waals surface area contributed by atoms with E-state index in [1.165, 1.54) is 0 Å². The maximum absolute atomic E-state index is 13.8. The largest absolute Gasteiger partial charge is 0.481 e. The van der Waals surface area contributed by atoms with E-state index in [9.17, 15) is 27.9 Å². The van der Waals surface area contributed by atoms with Crippen molar-refractivity contribution in [2.24, 2.45) is 29.6 Å². The van der Waals surface area contributed by atoms with Gasteiger partial charge in [-0.15, -0.1) is 0 Å². The quantitative estimate of drug-likeness (QED) is 0.640. The summed E-state index contributed by atoms with van der Waals surface area (Å²) in [6, 6.07) is 0. The fourth-order valence-electron chi connectivity index (χ4n) is 6.15. The van der Waals surface area contributed by atoms with E-state index in [1.54, 1.807) is 0 Å². The van der Waals surface area contributed by atoms with Gasteiger partial charge in [0.25, 0.3) is 5.91 Å². The van der Waals surface area contributed by atoms with Crippen molar-refractivity contribution in [3.63, 3.8) is 0 Å². The molecule has 3 atom stereocenters. The lowest BCUT2D eigenvalue weighted by Gasteiger charge is -2.36. The number of carbonyl (C=O) groups is 2. The van der Waals surface area contributed by atoms with Gasteiger partial charge >= 0.3 is 12.1 Å². The summed E-state index contributed by atoms with van der Waals surface area (Å²) in [5.41, 5.74) is -0.525. The molecule has 2 fully saturated rings. The van der Waals surface area contributed by atoms with Crippen LogP contribution in [0.1, 0.15) is 86.5 Å². The lowest BCUT2D eigenvalue weighted by molar-refractivity contribution is -0.144. The first kappa shape index (κ1) is 24.2. The number of halogens is 3. The fraction of sp³-hybridized carbons (Fsp3) is 0.792. The first-order chi connectivity index (χ1) is 15.6. The van der Waals surface area contributed by atoms with Gasteiger partial charge < -0.3 is 10.4 Å². The Balaban J connectivity index is 1.66. The summed E-state index contributed by atoms with van der Waals surface area (Å²) in [6.45, 7) is 2.82. The van der Waals surface area contributed by atoms with Crippen LogP contribution in [0.25, 0.3) is 0 Å². The first-order valence-electron chi connectivity index (χ1n) is 12.3. The van der Waals surface area contributed by atoms with Gasteiger partial charge in [-0.05, 0) is 56.4 Å². The van der Waals surface area contributed by atoms with Crippen molar-refractivity contribution in [1.82, 2.24) is 15.1 Å². The lowest BCUT2D eigenvalue weighted by atomic mass is 9.70. The number of fused-ring (bicyclic) bond motifs is 1. The number of aliphatic carboxylic acids is 1. The van der Waals surface area contributed by atoms with Gasteiger partial charge in [-0.1, -0.05) is 39.0 Å². The molecule has 0 amide bonds. The third kappa shape index (κ3) is 5.28. The summed E-state index contributed by atoms with van der Waals surface area (Å²) in [6.07, 6.45) is 2.83. The molecule has 2 aliphatic carbocycles. The molecule has 2 heterocycles. The number of hydrogen-bond donors (Lipinski definition) is 2. The lowest BCUT2D eigenvalue weighted by Crippen LogP contribution is -2.37. The molecule has 2 N–H and O–H groups in total. The number of carboxylic acid groups (broad SMARTS) is 1. The summed E-state index contributed by atoms with van der Waals surface area (Å²) in [5.74, 6) is -1.39. The molecular weight excluding hydrogens is 435 g/mol. The summed E-state index contributed by atoms with van der Waals surface area (Å²) < 4.78 is 42.1. The van der Waals surface area contributed by atoms with Gasteiger partial charge in [-0.3, -0.25) is 9.59 Å². The monoisotopic (exact) mass is 469 g/mol. The zero-order chi connectivity index (χ0) is 23.8. The minimum atomic E-state index is -4.61. The number of nitrogens with zero attached hydrogens (tertiary/aromatic N) is 2. The Morgan fingerprint density at radius 1 is 1.18 bits per heavy atom. The van der Waals surface area contributed by atoms with Crippen LogP contribution in [0.15, 0.2) is 0 Å². The minimum Gasteiger partial charge on any atom is -0.481 e. The molecule has 4 rings (SSSR count). The van der Waals surface area contributed by atoms with Crippen LogP contribution in [0.4, 0.5) is 13.2 Å². The van der Waals surface area contributed by atoms with Crippen LogP contribution in [-0.2, 0) is 23.9 Å². The maximum atomic E-state index is 13.8. The minimum absolute atomic E-state index is 0.117. The fourth-order valence-corrected chi connectivity index (χ4v) is 6.15. The van der Waals surface area contributed by atoms with Gasteiger partial charge in [0.05, 0.1) is 11.6 Å². The molecule has 0 aromatic carbocycles. The van der Waals surface area contributed by atoms with E-state index < -0.39 is 29.7 Å². The normalized spacial score (nSPS) is 29.3. The second kappa shape index (κ2) is 9.76. The summed E-state index contributed by atoms with van der Waals surface area (Å²) in [4.78, 5) is 25.5. The topological polar surface area (TPSA) is 84.2 Å². The Morgan fingerprint density at radius 2 is 1.91 bits per heavy atom. The highest BCUT2D eigenvalue weighted by Crippen LogP contribution is 2.42. The molecule has 3 aliphatic rings. The number of nitrogens with one attached hydrogen (secondary N) is 1. The maximum Gasteiger partial charge on any atom is 0.435 e. The van der Waals surface area contributed by atoms with Crippen molar-refractivity contribution in [3.8, 4) is 0 Å². The van der Waals surface area contributed by atoms with E-state index >= 15 is 0 Å². The van der Waals surface area contributed by atoms with E-state index in [0.29, 0.717) is 43.3 Å². The van der Waals surface area contributed by atoms with E-state index in [1.807, 2.05) is 0 Å². The van der Waals surface area contributed by atoms with Crippen LogP contribution < -0.4 is 5.32 Å². The summed E-state index contributed by atoms with van der Waals surface area (Å²) in [5, 5.41) is 16.5. The number of hydrogen-bond acceptors (Lipinski definition) is 4. The molecule has 0 spiro atoms. The number of aromatic nitrogens is 2. The van der Waals surface area contributed by atoms with Crippen LogP contribution >= 0.6 is 0 Å². The zero-order valence-electron chi connectivity index (χ0n) is 19.2. The van der Waals surface area contributed by atoms with Crippen LogP contribution in [-0.4, -0.2) is 33.3 Å². The Bertz CT molecular complexity index is 874. The van der Waals surface area contributed by atoms with Crippen molar-refractivity contribution in [3.05, 3.63) is 17.0 Å². The second-order valence-corrected chi connectivity index (χ2v) is 10.4. The standard InChI is InChI=1S/C24H34F3N3O3/c1-14-5-7-15(8-6-14)11-19(16-3-2-4-17(12-16)23(32)33)22(31)30-20-13-28-10-9-18(20)21(29-30)24(25,26)27/h14-17,19,28H,2-13H2,1H3,(H,32,33). The first-order valence-corrected chi connectivity index (χ1v) is 12.3. The molecule has 2 saturated carbocycles. The Labute approximate surface area is 192 Å². The van der Waals surface area contributed by atoms with Crippen LogP contribution in [0, 0.1) is 29.6 Å². The molecule has 9 heteroatoms. The van der Waals surface area contributed by atoms with Gasteiger partial charge in [0, 0.05) is 18.0 Å². The third-order valence-electron chi connectivity index (χ3n) is 8.08. The van der Waals surface area contributed by atoms with Crippen molar-refractivity contribution in [1.29, 1.82) is 0 Å². The average molecular weight is 470 g/mol. The number of carboxylic acids is 1. The highest BCUT2D eigenvalue weighted by atomic mass is 19.4. The summed E-state index contributed by atoms with van der Waals surface area (Å²) >= 11 is 0. The van der Waals surface area contributed by atoms with Crippen molar-refractivity contribution >= 4 is 11.9 Å². The molecule has 3 unspecified atom stereocenters. The number of rotatable bonds is 5. The van der Waals surface area contributed by atoms with Crippen LogP contribution in [0.3, 0.4) is 0 Å². The molecule has 1 aromatic heterocycles. The van der Waals surface area contributed by atoms with Crippen LogP contribution in [0.2, 0.25) is 0 Å². The molecular formula is C24H34F3N3O3. The Kier molecular flexibility index (Phi) is 7.17. The Morgan fingerprint density at radius 3 is 2.58 bits per heavy atom. The molecule has 184 valence electrons. The second-order valence-electron chi connectivity index (χ2n) is 10.4. The molecule has 6 nitrogen and oxygen atoms in total. The van der Waals surface area contributed by atoms with Gasteiger partial charge in [-0.25, -0.2) is 4.68 Å². The third-order valence-corrected chi connectivity index (χ3v) is 8.08. The molecule has 1 aromatic rings. The molecule has 0 saturated heterocycles. The van der Waals surface area contributed by atoms with Gasteiger partial charge in [-0.2, -0.15) is 18.3 Å².